The van der Waals surface area contributed by atoms with Crippen LogP contribution in [0.15, 0.2) is 6.07 Å². The molecule has 0 bridgehead atoms. The fourth-order valence-electron chi connectivity index (χ4n) is 1.32. The zero-order valence-electron chi connectivity index (χ0n) is 6.88. The van der Waals surface area contributed by atoms with Gasteiger partial charge in [-0.05, 0) is 31.2 Å². The molecule has 0 spiro atoms. The molecule has 0 radical (unpaired) electrons. The van der Waals surface area contributed by atoms with Gasteiger partial charge in [0.2, 0.25) is 0 Å². The third kappa shape index (κ3) is 1.65. The maximum absolute atomic E-state index is 8.42. The lowest BCUT2D eigenvalue weighted by molar-refractivity contribution is 0.795. The van der Waals surface area contributed by atoms with E-state index in [1.807, 2.05) is 6.07 Å². The lowest BCUT2D eigenvalue weighted by Crippen LogP contribution is -1.85. The minimum Gasteiger partial charge on any atom is -0.282 e. The average molecular weight is 161 g/mol. The molecule has 1 aliphatic carbocycles. The minimum absolute atomic E-state index is 0.418. The lowest BCUT2D eigenvalue weighted by atomic mass is 10.2. The first-order valence-corrected chi connectivity index (χ1v) is 4.28. The second kappa shape index (κ2) is 2.98. The molecule has 0 unspecified atom stereocenters. The van der Waals surface area contributed by atoms with Crippen molar-refractivity contribution in [2.24, 2.45) is 5.92 Å². The highest BCUT2D eigenvalue weighted by molar-refractivity contribution is 5.13. The highest BCUT2D eigenvalue weighted by atomic mass is 15.1. The van der Waals surface area contributed by atoms with Crippen LogP contribution in [0.25, 0.3) is 0 Å². The molecule has 1 aromatic heterocycles. The summed E-state index contributed by atoms with van der Waals surface area (Å²) in [5, 5.41) is 15.4. The van der Waals surface area contributed by atoms with Crippen molar-refractivity contribution in [2.75, 3.05) is 0 Å². The molecule has 1 saturated carbocycles. The van der Waals surface area contributed by atoms with Crippen LogP contribution in [-0.2, 0) is 12.8 Å². The molecule has 1 N–H and O–H groups in total. The molecule has 62 valence electrons. The van der Waals surface area contributed by atoms with E-state index in [0.717, 1.165) is 18.0 Å². The Morgan fingerprint density at radius 2 is 2.50 bits per heavy atom. The van der Waals surface area contributed by atoms with Crippen LogP contribution < -0.4 is 0 Å². The van der Waals surface area contributed by atoms with Crippen molar-refractivity contribution >= 4 is 0 Å². The van der Waals surface area contributed by atoms with Gasteiger partial charge < -0.3 is 0 Å². The van der Waals surface area contributed by atoms with E-state index in [0.29, 0.717) is 6.42 Å². The summed E-state index contributed by atoms with van der Waals surface area (Å²) < 4.78 is 0. The monoisotopic (exact) mass is 161 g/mol. The zero-order chi connectivity index (χ0) is 8.39. The van der Waals surface area contributed by atoms with Gasteiger partial charge in [-0.25, -0.2) is 0 Å². The standard InChI is InChI=1S/C9H11N3/c10-4-3-8-6-9(12-11-8)5-7-1-2-7/h6-7H,1-3,5H2,(H,11,12). The molecule has 0 saturated heterocycles. The molecule has 3 nitrogen and oxygen atoms in total. The summed E-state index contributed by atoms with van der Waals surface area (Å²) in [6, 6.07) is 4.09. The van der Waals surface area contributed by atoms with Crippen molar-refractivity contribution in [3.05, 3.63) is 17.5 Å². The van der Waals surface area contributed by atoms with E-state index in [9.17, 15) is 0 Å². The third-order valence-electron chi connectivity index (χ3n) is 2.15. The van der Waals surface area contributed by atoms with Gasteiger partial charge in [-0.15, -0.1) is 0 Å². The van der Waals surface area contributed by atoms with E-state index < -0.39 is 0 Å². The van der Waals surface area contributed by atoms with Crippen LogP contribution in [0.3, 0.4) is 0 Å². The smallest absolute Gasteiger partial charge is 0.0793 e. The van der Waals surface area contributed by atoms with Crippen LogP contribution in [-0.4, -0.2) is 10.2 Å². The molecule has 1 heterocycles. The van der Waals surface area contributed by atoms with Crippen molar-refractivity contribution in [1.29, 1.82) is 5.26 Å². The van der Waals surface area contributed by atoms with Crippen LogP contribution in [0.5, 0.6) is 0 Å². The maximum atomic E-state index is 8.42. The number of hydrogen-bond acceptors (Lipinski definition) is 2. The fourth-order valence-corrected chi connectivity index (χ4v) is 1.32. The van der Waals surface area contributed by atoms with Gasteiger partial charge in [0.15, 0.2) is 0 Å². The zero-order valence-corrected chi connectivity index (χ0v) is 6.88. The Labute approximate surface area is 71.4 Å². The predicted molar refractivity (Wildman–Crippen MR) is 44.3 cm³/mol. The summed E-state index contributed by atoms with van der Waals surface area (Å²) >= 11 is 0. The predicted octanol–water partition coefficient (Wildman–Crippen LogP) is 1.43. The van der Waals surface area contributed by atoms with E-state index in [4.69, 9.17) is 5.26 Å². The number of nitriles is 1. The maximum Gasteiger partial charge on any atom is 0.0793 e. The second-order valence-corrected chi connectivity index (χ2v) is 3.37. The number of nitrogens with zero attached hydrogens (tertiary/aromatic N) is 2. The van der Waals surface area contributed by atoms with Crippen molar-refractivity contribution in [3.63, 3.8) is 0 Å². The van der Waals surface area contributed by atoms with E-state index >= 15 is 0 Å². The Balaban J connectivity index is 1.98. The fraction of sp³-hybridized carbons (Fsp3) is 0.556. The lowest BCUT2D eigenvalue weighted by Gasteiger charge is -1.89. The summed E-state index contributed by atoms with van der Waals surface area (Å²) in [6.45, 7) is 0. The number of hydrogen-bond donors (Lipinski definition) is 1. The molecular weight excluding hydrogens is 150 g/mol. The topological polar surface area (TPSA) is 52.5 Å². The van der Waals surface area contributed by atoms with Gasteiger partial charge in [-0.1, -0.05) is 0 Å². The third-order valence-corrected chi connectivity index (χ3v) is 2.15. The van der Waals surface area contributed by atoms with Gasteiger partial charge in [0.25, 0.3) is 0 Å². The van der Waals surface area contributed by atoms with Gasteiger partial charge in [0, 0.05) is 5.69 Å². The molecule has 3 heteroatoms. The highest BCUT2D eigenvalue weighted by Crippen LogP contribution is 2.32. The first kappa shape index (κ1) is 7.35. The van der Waals surface area contributed by atoms with Crippen molar-refractivity contribution in [1.82, 2.24) is 10.2 Å². The summed E-state index contributed by atoms with van der Waals surface area (Å²) in [5.74, 6) is 0.875. The molecule has 1 fully saturated rings. The number of H-pyrrole nitrogens is 1. The summed E-state index contributed by atoms with van der Waals surface area (Å²) in [4.78, 5) is 0. The molecule has 0 amide bonds. The Bertz CT molecular complexity index is 304. The molecule has 0 aromatic carbocycles. The van der Waals surface area contributed by atoms with E-state index in [1.165, 1.54) is 18.5 Å². The molecular formula is C9H11N3. The molecule has 2 rings (SSSR count). The van der Waals surface area contributed by atoms with E-state index in [1.54, 1.807) is 0 Å². The van der Waals surface area contributed by atoms with Crippen molar-refractivity contribution in [2.45, 2.75) is 25.7 Å². The Morgan fingerprint density at radius 1 is 1.67 bits per heavy atom. The Kier molecular flexibility index (Phi) is 1.83. The summed E-state index contributed by atoms with van der Waals surface area (Å²) in [7, 11) is 0. The van der Waals surface area contributed by atoms with Crippen LogP contribution in [0.2, 0.25) is 0 Å². The van der Waals surface area contributed by atoms with Crippen molar-refractivity contribution < 1.29 is 0 Å². The van der Waals surface area contributed by atoms with Crippen LogP contribution in [0.1, 0.15) is 24.2 Å². The van der Waals surface area contributed by atoms with Crippen LogP contribution >= 0.6 is 0 Å². The number of nitrogens with one attached hydrogen (secondary N) is 1. The van der Waals surface area contributed by atoms with Gasteiger partial charge in [0.1, 0.15) is 0 Å². The number of rotatable bonds is 3. The number of aromatic nitrogens is 2. The van der Waals surface area contributed by atoms with Gasteiger partial charge >= 0.3 is 0 Å². The Hall–Kier alpha value is -1.30. The average Bonchev–Trinajstić information content (AvgIpc) is 2.74. The summed E-state index contributed by atoms with van der Waals surface area (Å²) in [5.41, 5.74) is 2.05. The normalized spacial score (nSPS) is 15.9. The van der Waals surface area contributed by atoms with E-state index in [2.05, 4.69) is 16.3 Å². The molecule has 1 aliphatic rings. The van der Waals surface area contributed by atoms with E-state index in [-0.39, 0.29) is 0 Å². The SMILES string of the molecule is N#CCc1cc(CC2CC2)[nH]n1. The van der Waals surface area contributed by atoms with Gasteiger partial charge in [-0.2, -0.15) is 10.4 Å². The van der Waals surface area contributed by atoms with Crippen LogP contribution in [0, 0.1) is 17.2 Å². The van der Waals surface area contributed by atoms with Gasteiger partial charge in [0.05, 0.1) is 18.2 Å². The summed E-state index contributed by atoms with van der Waals surface area (Å²) in [6.07, 6.45) is 4.23. The number of aromatic amines is 1. The minimum atomic E-state index is 0.418. The Morgan fingerprint density at radius 3 is 3.17 bits per heavy atom. The first-order valence-electron chi connectivity index (χ1n) is 4.28. The molecule has 1 aromatic rings. The largest absolute Gasteiger partial charge is 0.282 e. The van der Waals surface area contributed by atoms with Crippen molar-refractivity contribution in [3.8, 4) is 6.07 Å². The van der Waals surface area contributed by atoms with Gasteiger partial charge in [-0.3, -0.25) is 5.10 Å². The first-order chi connectivity index (χ1) is 5.88. The quantitative estimate of drug-likeness (QED) is 0.729. The molecule has 0 aliphatic heterocycles. The van der Waals surface area contributed by atoms with Crippen LogP contribution in [0.4, 0.5) is 0 Å². The highest BCUT2D eigenvalue weighted by Gasteiger charge is 2.22. The molecule has 0 atom stereocenters. The molecule has 12 heavy (non-hydrogen) atoms. The second-order valence-electron chi connectivity index (χ2n) is 3.37.